The molecule has 34 heavy (non-hydrogen) atoms. The van der Waals surface area contributed by atoms with Crippen molar-refractivity contribution < 1.29 is 9.32 Å². The Morgan fingerprint density at radius 2 is 1.76 bits per heavy atom. The number of aromatic nitrogens is 6. The van der Waals surface area contributed by atoms with Gasteiger partial charge in [-0.3, -0.25) is 4.57 Å². The molecular weight excluding hydrogens is 452 g/mol. The molecule has 2 amide bonds. The number of carbonyl (C=O) groups excluding carboxylic acids is 1. The highest BCUT2D eigenvalue weighted by Gasteiger charge is 2.28. The van der Waals surface area contributed by atoms with Crippen LogP contribution < -0.4 is 10.6 Å². The van der Waals surface area contributed by atoms with E-state index in [1.807, 2.05) is 47.0 Å². The van der Waals surface area contributed by atoms with Gasteiger partial charge >= 0.3 is 6.03 Å². The molecule has 0 saturated heterocycles. The third kappa shape index (κ3) is 4.28. The van der Waals surface area contributed by atoms with Gasteiger partial charge in [0, 0.05) is 40.6 Å². The summed E-state index contributed by atoms with van der Waals surface area (Å²) in [5, 5.41) is 10.4. The van der Waals surface area contributed by atoms with Crippen molar-refractivity contribution in [1.29, 1.82) is 0 Å². The van der Waals surface area contributed by atoms with E-state index in [0.29, 0.717) is 34.7 Å². The number of hydrogen-bond acceptors (Lipinski definition) is 8. The SMILES string of the molecule is O=C(Nc1ccccc1)Nc1ccc(-c2noc(-c3cn(-c4nc(C5CC5)ns4)cn3)n2)cc1. The topological polar surface area (TPSA) is 124 Å². The molecule has 0 radical (unpaired) electrons. The molecule has 3 aromatic heterocycles. The van der Waals surface area contributed by atoms with E-state index in [-0.39, 0.29) is 6.03 Å². The number of urea groups is 1. The minimum absolute atomic E-state index is 0.310. The van der Waals surface area contributed by atoms with Crippen LogP contribution in [-0.2, 0) is 0 Å². The van der Waals surface area contributed by atoms with Crippen molar-refractivity contribution >= 4 is 28.9 Å². The fraction of sp³-hybridized carbons (Fsp3) is 0.130. The summed E-state index contributed by atoms with van der Waals surface area (Å²) >= 11 is 1.35. The molecule has 11 heteroatoms. The number of para-hydroxylation sites is 1. The van der Waals surface area contributed by atoms with Gasteiger partial charge in [-0.1, -0.05) is 23.4 Å². The number of benzene rings is 2. The highest BCUT2D eigenvalue weighted by molar-refractivity contribution is 7.08. The van der Waals surface area contributed by atoms with E-state index in [9.17, 15) is 4.79 Å². The molecule has 10 nitrogen and oxygen atoms in total. The van der Waals surface area contributed by atoms with Gasteiger partial charge in [-0.25, -0.2) is 14.8 Å². The van der Waals surface area contributed by atoms with Gasteiger partial charge in [-0.15, -0.1) is 0 Å². The first-order valence-electron chi connectivity index (χ1n) is 10.7. The van der Waals surface area contributed by atoms with Gasteiger partial charge in [0.1, 0.15) is 17.8 Å². The van der Waals surface area contributed by atoms with Crippen molar-refractivity contribution in [2.75, 3.05) is 10.6 Å². The van der Waals surface area contributed by atoms with Crippen molar-refractivity contribution in [2.45, 2.75) is 18.8 Å². The van der Waals surface area contributed by atoms with Gasteiger partial charge in [0.05, 0.1) is 0 Å². The Kier molecular flexibility index (Phi) is 5.07. The quantitative estimate of drug-likeness (QED) is 0.359. The largest absolute Gasteiger partial charge is 0.332 e. The summed E-state index contributed by atoms with van der Waals surface area (Å²) in [5.41, 5.74) is 2.66. The molecule has 1 saturated carbocycles. The van der Waals surface area contributed by atoms with Crippen molar-refractivity contribution in [2.24, 2.45) is 0 Å². The van der Waals surface area contributed by atoms with Crippen LogP contribution in [-0.4, -0.2) is 35.1 Å². The summed E-state index contributed by atoms with van der Waals surface area (Å²) in [7, 11) is 0. The van der Waals surface area contributed by atoms with Crippen LogP contribution in [0.1, 0.15) is 24.6 Å². The lowest BCUT2D eigenvalue weighted by molar-refractivity contribution is 0.262. The van der Waals surface area contributed by atoms with Gasteiger partial charge in [0.25, 0.3) is 5.89 Å². The molecule has 1 aliphatic rings. The lowest BCUT2D eigenvalue weighted by atomic mass is 10.2. The van der Waals surface area contributed by atoms with E-state index in [2.05, 4.69) is 35.1 Å². The molecule has 0 bridgehead atoms. The van der Waals surface area contributed by atoms with Crippen LogP contribution in [0.4, 0.5) is 16.2 Å². The van der Waals surface area contributed by atoms with E-state index < -0.39 is 0 Å². The van der Waals surface area contributed by atoms with Crippen LogP contribution in [0.2, 0.25) is 0 Å². The van der Waals surface area contributed by atoms with E-state index in [4.69, 9.17) is 4.52 Å². The third-order valence-electron chi connectivity index (χ3n) is 5.25. The molecule has 0 unspecified atom stereocenters. The maximum Gasteiger partial charge on any atom is 0.323 e. The van der Waals surface area contributed by atoms with Crippen molar-refractivity contribution in [3.63, 3.8) is 0 Å². The molecule has 1 aliphatic carbocycles. The summed E-state index contributed by atoms with van der Waals surface area (Å²) in [6, 6.07) is 16.1. The molecule has 2 N–H and O–H groups in total. The van der Waals surface area contributed by atoms with Gasteiger partial charge in [-0.05, 0) is 49.2 Å². The number of imidazole rings is 1. The molecule has 1 fully saturated rings. The van der Waals surface area contributed by atoms with E-state index >= 15 is 0 Å². The van der Waals surface area contributed by atoms with E-state index in [0.717, 1.165) is 29.4 Å². The minimum atomic E-state index is -0.323. The monoisotopic (exact) mass is 470 g/mol. The smallest absolute Gasteiger partial charge is 0.323 e. The number of anilines is 2. The molecule has 168 valence electrons. The van der Waals surface area contributed by atoms with Crippen LogP contribution >= 0.6 is 11.5 Å². The number of carbonyl (C=O) groups is 1. The lowest BCUT2D eigenvalue weighted by Gasteiger charge is -2.07. The number of amides is 2. The first-order chi connectivity index (χ1) is 16.7. The van der Waals surface area contributed by atoms with Gasteiger partial charge < -0.3 is 15.2 Å². The van der Waals surface area contributed by atoms with E-state index in [1.165, 1.54) is 11.5 Å². The second-order valence-corrected chi connectivity index (χ2v) is 8.55. The second kappa shape index (κ2) is 8.52. The summed E-state index contributed by atoms with van der Waals surface area (Å²) < 4.78 is 11.7. The lowest BCUT2D eigenvalue weighted by Crippen LogP contribution is -2.19. The number of nitrogens with one attached hydrogen (secondary N) is 2. The predicted molar refractivity (Wildman–Crippen MR) is 127 cm³/mol. The highest BCUT2D eigenvalue weighted by atomic mass is 32.1. The molecular formula is C23H18N8O2S. The summed E-state index contributed by atoms with van der Waals surface area (Å²) in [4.78, 5) is 25.6. The Morgan fingerprint density at radius 1 is 1.00 bits per heavy atom. The zero-order valence-corrected chi connectivity index (χ0v) is 18.6. The third-order valence-corrected chi connectivity index (χ3v) is 6.00. The Hall–Kier alpha value is -4.38. The van der Waals surface area contributed by atoms with Gasteiger partial charge in [-0.2, -0.15) is 9.36 Å². The van der Waals surface area contributed by atoms with Gasteiger partial charge in [0.2, 0.25) is 11.0 Å². The molecule has 2 aromatic carbocycles. The summed E-state index contributed by atoms with van der Waals surface area (Å²) in [6.07, 6.45) is 5.78. The number of rotatable bonds is 6. The first-order valence-corrected chi connectivity index (χ1v) is 11.4. The van der Waals surface area contributed by atoms with Crippen molar-refractivity contribution in [1.82, 2.24) is 29.0 Å². The first kappa shape index (κ1) is 20.2. The van der Waals surface area contributed by atoms with Crippen molar-refractivity contribution in [3.8, 4) is 28.1 Å². The normalized spacial score (nSPS) is 13.1. The van der Waals surface area contributed by atoms with Crippen LogP contribution in [0, 0.1) is 0 Å². The van der Waals surface area contributed by atoms with Crippen molar-refractivity contribution in [3.05, 3.63) is 72.9 Å². The molecule has 0 aliphatic heterocycles. The zero-order chi connectivity index (χ0) is 22.9. The number of nitrogens with zero attached hydrogens (tertiary/aromatic N) is 6. The fourth-order valence-electron chi connectivity index (χ4n) is 3.34. The van der Waals surface area contributed by atoms with Crippen LogP contribution in [0.15, 0.2) is 71.6 Å². The predicted octanol–water partition coefficient (Wildman–Crippen LogP) is 4.96. The maximum atomic E-state index is 12.2. The Morgan fingerprint density at radius 3 is 2.53 bits per heavy atom. The minimum Gasteiger partial charge on any atom is -0.332 e. The standard InChI is InChI=1S/C23H18N8O2S/c32-22(25-16-4-2-1-3-5-16)26-17-10-8-14(9-11-17)19-27-21(33-29-19)18-12-31(13-24-18)23-28-20(30-34-23)15-6-7-15/h1-5,8-13,15H,6-7H2,(H2,25,26,32). The van der Waals surface area contributed by atoms with Gasteiger partial charge in [0.15, 0.2) is 0 Å². The molecule has 0 spiro atoms. The number of hydrogen-bond donors (Lipinski definition) is 2. The van der Waals surface area contributed by atoms with Crippen LogP contribution in [0.3, 0.4) is 0 Å². The molecule has 3 heterocycles. The average Bonchev–Trinajstić information content (AvgIpc) is 3.24. The molecule has 0 atom stereocenters. The fourth-order valence-corrected chi connectivity index (χ4v) is 4.03. The second-order valence-electron chi connectivity index (χ2n) is 7.82. The Bertz CT molecular complexity index is 1440. The summed E-state index contributed by atoms with van der Waals surface area (Å²) in [5.74, 6) is 2.15. The summed E-state index contributed by atoms with van der Waals surface area (Å²) in [6.45, 7) is 0. The molecule has 5 aromatic rings. The van der Waals surface area contributed by atoms with Crippen LogP contribution in [0.5, 0.6) is 0 Å². The van der Waals surface area contributed by atoms with E-state index in [1.54, 1.807) is 24.7 Å². The van der Waals surface area contributed by atoms with Crippen LogP contribution in [0.25, 0.3) is 28.1 Å². The Balaban J connectivity index is 1.12. The maximum absolute atomic E-state index is 12.2. The average molecular weight is 471 g/mol. The zero-order valence-electron chi connectivity index (χ0n) is 17.8. The Labute approximate surface area is 197 Å². The molecule has 6 rings (SSSR count). The highest BCUT2D eigenvalue weighted by Crippen LogP contribution is 2.39.